The highest BCUT2D eigenvalue weighted by Crippen LogP contribution is 2.49. The van der Waals surface area contributed by atoms with Gasteiger partial charge < -0.3 is 14.2 Å². The Labute approximate surface area is 166 Å². The molecule has 1 fully saturated rings. The van der Waals surface area contributed by atoms with E-state index in [9.17, 15) is 4.79 Å². The molecule has 1 heterocycles. The Hall–Kier alpha value is -2.63. The number of carbonyl (C=O) groups is 1. The van der Waals surface area contributed by atoms with Crippen molar-refractivity contribution in [3.63, 3.8) is 0 Å². The van der Waals surface area contributed by atoms with E-state index in [4.69, 9.17) is 14.2 Å². The summed E-state index contributed by atoms with van der Waals surface area (Å²) in [7, 11) is 1.69. The van der Waals surface area contributed by atoms with Crippen molar-refractivity contribution in [1.29, 1.82) is 0 Å². The van der Waals surface area contributed by atoms with Crippen molar-refractivity contribution in [3.8, 4) is 11.6 Å². The second-order valence-corrected chi connectivity index (χ2v) is 7.06. The average Bonchev–Trinajstić information content (AvgIpc) is 3.47. The van der Waals surface area contributed by atoms with Crippen molar-refractivity contribution in [2.24, 2.45) is 5.92 Å². The van der Waals surface area contributed by atoms with Crippen molar-refractivity contribution in [3.05, 3.63) is 46.9 Å². The maximum atomic E-state index is 11.8. The number of benzene rings is 1. The van der Waals surface area contributed by atoms with Gasteiger partial charge in [-0.3, -0.25) is 4.79 Å². The van der Waals surface area contributed by atoms with Gasteiger partial charge in [0.25, 0.3) is 0 Å². The molecule has 0 spiro atoms. The summed E-state index contributed by atoms with van der Waals surface area (Å²) < 4.78 is 16.4. The molecule has 1 aliphatic carbocycles. The quantitative estimate of drug-likeness (QED) is 0.615. The van der Waals surface area contributed by atoms with E-state index in [0.29, 0.717) is 42.3 Å². The van der Waals surface area contributed by atoms with Gasteiger partial charge in [0, 0.05) is 17.7 Å². The third-order valence-corrected chi connectivity index (χ3v) is 5.07. The first-order valence-electron chi connectivity index (χ1n) is 9.83. The van der Waals surface area contributed by atoms with Gasteiger partial charge in [0.1, 0.15) is 11.6 Å². The minimum Gasteiger partial charge on any atom is -0.497 e. The SMILES string of the molecule is CCOC(=O)Cc1cnc(C)nc1OCC1CC1c1ccc(OC)cc1CC. The molecule has 0 bridgehead atoms. The molecule has 0 aliphatic heterocycles. The van der Waals surface area contributed by atoms with Crippen molar-refractivity contribution in [1.82, 2.24) is 9.97 Å². The van der Waals surface area contributed by atoms with E-state index in [-0.39, 0.29) is 12.4 Å². The van der Waals surface area contributed by atoms with E-state index in [2.05, 4.69) is 29.0 Å². The summed E-state index contributed by atoms with van der Waals surface area (Å²) in [6.45, 7) is 6.69. The zero-order valence-electron chi connectivity index (χ0n) is 17.0. The first kappa shape index (κ1) is 20.1. The topological polar surface area (TPSA) is 70.5 Å². The fraction of sp³-hybridized carbons (Fsp3) is 0.500. The second-order valence-electron chi connectivity index (χ2n) is 7.06. The van der Waals surface area contributed by atoms with Crippen LogP contribution in [0.5, 0.6) is 11.6 Å². The molecule has 3 rings (SSSR count). The monoisotopic (exact) mass is 384 g/mol. The third kappa shape index (κ3) is 4.80. The molecular formula is C22H28N2O4. The minimum absolute atomic E-state index is 0.121. The Morgan fingerprint density at radius 2 is 2.07 bits per heavy atom. The van der Waals surface area contributed by atoms with Crippen LogP contribution in [-0.2, 0) is 22.4 Å². The van der Waals surface area contributed by atoms with E-state index < -0.39 is 0 Å². The number of ether oxygens (including phenoxy) is 3. The number of carbonyl (C=O) groups excluding carboxylic acids is 1. The summed E-state index contributed by atoms with van der Waals surface area (Å²) in [4.78, 5) is 20.4. The van der Waals surface area contributed by atoms with Crippen LogP contribution in [-0.4, -0.2) is 36.3 Å². The maximum Gasteiger partial charge on any atom is 0.310 e. The zero-order valence-corrected chi connectivity index (χ0v) is 17.0. The normalized spacial score (nSPS) is 17.9. The first-order chi connectivity index (χ1) is 13.5. The van der Waals surface area contributed by atoms with Gasteiger partial charge in [0.2, 0.25) is 5.88 Å². The molecule has 2 atom stereocenters. The summed E-state index contributed by atoms with van der Waals surface area (Å²) in [5.41, 5.74) is 3.37. The smallest absolute Gasteiger partial charge is 0.310 e. The molecule has 0 radical (unpaired) electrons. The van der Waals surface area contributed by atoms with Gasteiger partial charge in [-0.05, 0) is 55.9 Å². The molecule has 0 N–H and O–H groups in total. The van der Waals surface area contributed by atoms with Gasteiger partial charge in [-0.15, -0.1) is 0 Å². The number of rotatable bonds is 9. The molecule has 6 heteroatoms. The number of hydrogen-bond donors (Lipinski definition) is 0. The Balaban J connectivity index is 1.65. The van der Waals surface area contributed by atoms with Crippen LogP contribution in [0.15, 0.2) is 24.4 Å². The van der Waals surface area contributed by atoms with Crippen LogP contribution in [0.2, 0.25) is 0 Å². The lowest BCUT2D eigenvalue weighted by atomic mass is 10.00. The Morgan fingerprint density at radius 3 is 2.79 bits per heavy atom. The second kappa shape index (κ2) is 9.04. The van der Waals surface area contributed by atoms with Gasteiger partial charge in [0.05, 0.1) is 26.7 Å². The fourth-order valence-electron chi connectivity index (χ4n) is 3.46. The Morgan fingerprint density at radius 1 is 1.25 bits per heavy atom. The van der Waals surface area contributed by atoms with E-state index >= 15 is 0 Å². The highest BCUT2D eigenvalue weighted by atomic mass is 16.5. The first-order valence-corrected chi connectivity index (χ1v) is 9.83. The molecule has 2 unspecified atom stereocenters. The average molecular weight is 384 g/mol. The molecular weight excluding hydrogens is 356 g/mol. The molecule has 0 saturated heterocycles. The summed E-state index contributed by atoms with van der Waals surface area (Å²) in [6, 6.07) is 6.32. The molecule has 0 amide bonds. The lowest BCUT2D eigenvalue weighted by Gasteiger charge is -2.12. The molecule has 1 saturated carbocycles. The molecule has 6 nitrogen and oxygen atoms in total. The zero-order chi connectivity index (χ0) is 20.1. The highest BCUT2D eigenvalue weighted by molar-refractivity contribution is 5.73. The lowest BCUT2D eigenvalue weighted by Crippen LogP contribution is -2.12. The summed E-state index contributed by atoms with van der Waals surface area (Å²) in [5, 5.41) is 0. The van der Waals surface area contributed by atoms with E-state index in [0.717, 1.165) is 18.6 Å². The van der Waals surface area contributed by atoms with Crippen LogP contribution in [0.25, 0.3) is 0 Å². The predicted molar refractivity (Wildman–Crippen MR) is 106 cm³/mol. The van der Waals surface area contributed by atoms with Crippen molar-refractivity contribution >= 4 is 5.97 Å². The number of aryl methyl sites for hydroxylation is 2. The standard InChI is InChI=1S/C22H28N2O4/c1-5-15-9-18(26-4)7-8-19(15)20-10-17(20)13-28-22-16(11-21(25)27-6-2)12-23-14(3)24-22/h7-9,12,17,20H,5-6,10-11,13H2,1-4H3. The van der Waals surface area contributed by atoms with Crippen LogP contribution >= 0.6 is 0 Å². The maximum absolute atomic E-state index is 11.8. The molecule has 28 heavy (non-hydrogen) atoms. The highest BCUT2D eigenvalue weighted by Gasteiger charge is 2.40. The van der Waals surface area contributed by atoms with Crippen LogP contribution in [0.3, 0.4) is 0 Å². The van der Waals surface area contributed by atoms with Crippen molar-refractivity contribution in [2.45, 2.75) is 46.0 Å². The summed E-state index contributed by atoms with van der Waals surface area (Å²) in [6.07, 6.45) is 3.84. The molecule has 1 aromatic heterocycles. The third-order valence-electron chi connectivity index (χ3n) is 5.07. The van der Waals surface area contributed by atoms with E-state index in [1.807, 2.05) is 13.0 Å². The molecule has 2 aromatic rings. The van der Waals surface area contributed by atoms with Crippen LogP contribution < -0.4 is 9.47 Å². The molecule has 1 aliphatic rings. The van der Waals surface area contributed by atoms with Crippen LogP contribution in [0.4, 0.5) is 0 Å². The van der Waals surface area contributed by atoms with Gasteiger partial charge >= 0.3 is 5.97 Å². The number of hydrogen-bond acceptors (Lipinski definition) is 6. The van der Waals surface area contributed by atoms with Gasteiger partial charge in [-0.2, -0.15) is 4.98 Å². The largest absolute Gasteiger partial charge is 0.497 e. The lowest BCUT2D eigenvalue weighted by molar-refractivity contribution is -0.142. The van der Waals surface area contributed by atoms with Crippen molar-refractivity contribution in [2.75, 3.05) is 20.3 Å². The van der Waals surface area contributed by atoms with E-state index in [1.165, 1.54) is 11.1 Å². The molecule has 1 aromatic carbocycles. The van der Waals surface area contributed by atoms with E-state index in [1.54, 1.807) is 20.2 Å². The fourth-order valence-corrected chi connectivity index (χ4v) is 3.46. The van der Waals surface area contributed by atoms with Crippen LogP contribution in [0.1, 0.15) is 48.7 Å². The summed E-state index contributed by atoms with van der Waals surface area (Å²) >= 11 is 0. The number of nitrogens with zero attached hydrogens (tertiary/aromatic N) is 2. The number of esters is 1. The van der Waals surface area contributed by atoms with Gasteiger partial charge in [0.15, 0.2) is 0 Å². The van der Waals surface area contributed by atoms with Gasteiger partial charge in [-0.1, -0.05) is 13.0 Å². The Kier molecular flexibility index (Phi) is 6.49. The van der Waals surface area contributed by atoms with Crippen molar-refractivity contribution < 1.29 is 19.0 Å². The van der Waals surface area contributed by atoms with Crippen LogP contribution in [0, 0.1) is 12.8 Å². The minimum atomic E-state index is -0.296. The van der Waals surface area contributed by atoms with Gasteiger partial charge in [-0.25, -0.2) is 4.98 Å². The molecule has 150 valence electrons. The predicted octanol–water partition coefficient (Wildman–Crippen LogP) is 3.64. The number of methoxy groups -OCH3 is 1. The summed E-state index contributed by atoms with van der Waals surface area (Å²) in [5.74, 6) is 2.65. The Bertz CT molecular complexity index is 837. The number of aromatic nitrogens is 2.